The molecular formula is C18H28N2S. The Kier molecular flexibility index (Phi) is 5.25. The zero-order valence-corrected chi connectivity index (χ0v) is 13.8. The van der Waals surface area contributed by atoms with Crippen LogP contribution in [0.2, 0.25) is 0 Å². The van der Waals surface area contributed by atoms with Crippen molar-refractivity contribution in [2.24, 2.45) is 11.7 Å². The van der Waals surface area contributed by atoms with Crippen LogP contribution in [0.5, 0.6) is 0 Å². The maximum Gasteiger partial charge on any atom is 0.0347 e. The predicted molar refractivity (Wildman–Crippen MR) is 92.8 cm³/mol. The molecule has 2 saturated heterocycles. The van der Waals surface area contributed by atoms with Gasteiger partial charge in [-0.1, -0.05) is 30.3 Å². The second-order valence-electron chi connectivity index (χ2n) is 6.66. The molecule has 1 aromatic carbocycles. The van der Waals surface area contributed by atoms with E-state index in [1.165, 1.54) is 62.3 Å². The fraction of sp³-hybridized carbons (Fsp3) is 0.667. The first-order chi connectivity index (χ1) is 10.3. The van der Waals surface area contributed by atoms with E-state index in [0.717, 1.165) is 12.5 Å². The van der Waals surface area contributed by atoms with Crippen molar-refractivity contribution >= 4 is 11.8 Å². The first kappa shape index (κ1) is 15.4. The molecule has 2 aliphatic rings. The highest BCUT2D eigenvalue weighted by atomic mass is 32.2. The van der Waals surface area contributed by atoms with Gasteiger partial charge in [0.15, 0.2) is 0 Å². The van der Waals surface area contributed by atoms with E-state index in [-0.39, 0.29) is 0 Å². The van der Waals surface area contributed by atoms with Gasteiger partial charge in [0.2, 0.25) is 0 Å². The van der Waals surface area contributed by atoms with E-state index >= 15 is 0 Å². The minimum absolute atomic E-state index is 0.322. The molecule has 3 heteroatoms. The molecule has 2 fully saturated rings. The highest BCUT2D eigenvalue weighted by Gasteiger charge is 2.38. The van der Waals surface area contributed by atoms with Gasteiger partial charge in [-0.3, -0.25) is 4.90 Å². The summed E-state index contributed by atoms with van der Waals surface area (Å²) >= 11 is 2.10. The van der Waals surface area contributed by atoms with Gasteiger partial charge in [-0.05, 0) is 68.2 Å². The number of hydrogen-bond donors (Lipinski definition) is 1. The van der Waals surface area contributed by atoms with Crippen molar-refractivity contribution in [1.29, 1.82) is 0 Å². The van der Waals surface area contributed by atoms with Gasteiger partial charge in [-0.2, -0.15) is 11.8 Å². The Hall–Kier alpha value is -0.510. The number of nitrogens with two attached hydrogens (primary N) is 1. The fourth-order valence-corrected chi connectivity index (χ4v) is 5.21. The Morgan fingerprint density at radius 1 is 1.10 bits per heavy atom. The number of hydrogen-bond acceptors (Lipinski definition) is 3. The summed E-state index contributed by atoms with van der Waals surface area (Å²) in [7, 11) is 0. The summed E-state index contributed by atoms with van der Waals surface area (Å²) in [5.74, 6) is 3.44. The molecule has 0 atom stereocenters. The van der Waals surface area contributed by atoms with Crippen LogP contribution in [-0.2, 0) is 6.42 Å². The fourth-order valence-electron chi connectivity index (χ4n) is 3.96. The zero-order valence-electron chi connectivity index (χ0n) is 13.0. The SMILES string of the molecule is NCC1(N2CCC(Cc3ccccc3)CC2)CCSCC1. The lowest BCUT2D eigenvalue weighted by Crippen LogP contribution is -2.58. The first-order valence-electron chi connectivity index (χ1n) is 8.39. The third-order valence-electron chi connectivity index (χ3n) is 5.46. The number of nitrogens with zero attached hydrogens (tertiary/aromatic N) is 1. The topological polar surface area (TPSA) is 29.3 Å². The molecule has 0 bridgehead atoms. The molecule has 3 rings (SSSR count). The maximum absolute atomic E-state index is 6.18. The summed E-state index contributed by atoms with van der Waals surface area (Å²) in [6.07, 6.45) is 6.50. The Balaban J connectivity index is 1.54. The molecule has 0 spiro atoms. The number of benzene rings is 1. The van der Waals surface area contributed by atoms with Crippen LogP contribution in [0.1, 0.15) is 31.2 Å². The lowest BCUT2D eigenvalue weighted by Gasteiger charge is -2.48. The number of piperidine rings is 1. The third kappa shape index (κ3) is 3.64. The molecule has 0 aliphatic carbocycles. The van der Waals surface area contributed by atoms with Crippen molar-refractivity contribution in [3.05, 3.63) is 35.9 Å². The Morgan fingerprint density at radius 2 is 1.76 bits per heavy atom. The maximum atomic E-state index is 6.18. The van der Waals surface area contributed by atoms with Gasteiger partial charge < -0.3 is 5.73 Å². The van der Waals surface area contributed by atoms with Crippen LogP contribution in [0.25, 0.3) is 0 Å². The monoisotopic (exact) mass is 304 g/mol. The standard InChI is InChI=1S/C18H28N2S/c19-15-18(8-12-21-13-9-18)20-10-6-17(7-11-20)14-16-4-2-1-3-5-16/h1-5,17H,6-15,19H2. The van der Waals surface area contributed by atoms with E-state index in [4.69, 9.17) is 5.73 Å². The van der Waals surface area contributed by atoms with E-state index in [2.05, 4.69) is 47.0 Å². The normalized spacial score (nSPS) is 24.0. The minimum atomic E-state index is 0.322. The van der Waals surface area contributed by atoms with Crippen molar-refractivity contribution in [3.63, 3.8) is 0 Å². The molecule has 116 valence electrons. The summed E-state index contributed by atoms with van der Waals surface area (Å²) < 4.78 is 0. The van der Waals surface area contributed by atoms with E-state index < -0.39 is 0 Å². The predicted octanol–water partition coefficient (Wildman–Crippen LogP) is 3.17. The molecule has 0 unspecified atom stereocenters. The van der Waals surface area contributed by atoms with Crippen molar-refractivity contribution in [2.75, 3.05) is 31.1 Å². The van der Waals surface area contributed by atoms with Crippen LogP contribution < -0.4 is 5.73 Å². The zero-order chi connectivity index (χ0) is 14.5. The molecule has 21 heavy (non-hydrogen) atoms. The van der Waals surface area contributed by atoms with Crippen LogP contribution in [0.3, 0.4) is 0 Å². The molecule has 2 aliphatic heterocycles. The number of likely N-dealkylation sites (tertiary alicyclic amines) is 1. The molecule has 0 radical (unpaired) electrons. The van der Waals surface area contributed by atoms with Crippen molar-refractivity contribution in [1.82, 2.24) is 4.90 Å². The average molecular weight is 305 g/mol. The molecule has 2 nitrogen and oxygen atoms in total. The van der Waals surface area contributed by atoms with Crippen molar-refractivity contribution in [3.8, 4) is 0 Å². The molecule has 0 amide bonds. The Bertz CT molecular complexity index is 420. The van der Waals surface area contributed by atoms with Gasteiger partial charge in [0.25, 0.3) is 0 Å². The van der Waals surface area contributed by atoms with Crippen molar-refractivity contribution in [2.45, 2.75) is 37.6 Å². The smallest absolute Gasteiger partial charge is 0.0347 e. The minimum Gasteiger partial charge on any atom is -0.329 e. The molecule has 2 N–H and O–H groups in total. The lowest BCUT2D eigenvalue weighted by atomic mass is 9.84. The van der Waals surface area contributed by atoms with Gasteiger partial charge in [-0.25, -0.2) is 0 Å². The summed E-state index contributed by atoms with van der Waals surface area (Å²) in [5, 5.41) is 0. The lowest BCUT2D eigenvalue weighted by molar-refractivity contribution is 0.0480. The summed E-state index contributed by atoms with van der Waals surface area (Å²) in [4.78, 5) is 2.73. The van der Waals surface area contributed by atoms with E-state index in [9.17, 15) is 0 Å². The van der Waals surface area contributed by atoms with E-state index in [0.29, 0.717) is 5.54 Å². The summed E-state index contributed by atoms with van der Waals surface area (Å²) in [5.41, 5.74) is 8.00. The average Bonchev–Trinajstić information content (AvgIpc) is 2.57. The second-order valence-corrected chi connectivity index (χ2v) is 7.89. The van der Waals surface area contributed by atoms with Crippen LogP contribution in [0.4, 0.5) is 0 Å². The molecule has 0 saturated carbocycles. The van der Waals surface area contributed by atoms with Gasteiger partial charge in [0, 0.05) is 12.1 Å². The van der Waals surface area contributed by atoms with E-state index in [1.807, 2.05) is 0 Å². The van der Waals surface area contributed by atoms with Crippen LogP contribution in [0, 0.1) is 5.92 Å². The van der Waals surface area contributed by atoms with Crippen LogP contribution in [0.15, 0.2) is 30.3 Å². The molecular weight excluding hydrogens is 276 g/mol. The second kappa shape index (κ2) is 7.17. The number of rotatable bonds is 4. The molecule has 0 aromatic heterocycles. The van der Waals surface area contributed by atoms with Crippen LogP contribution in [-0.4, -0.2) is 41.6 Å². The molecule has 2 heterocycles. The molecule has 1 aromatic rings. The van der Waals surface area contributed by atoms with Crippen molar-refractivity contribution < 1.29 is 0 Å². The van der Waals surface area contributed by atoms with Crippen LogP contribution >= 0.6 is 11.8 Å². The Morgan fingerprint density at radius 3 is 2.38 bits per heavy atom. The largest absolute Gasteiger partial charge is 0.329 e. The summed E-state index contributed by atoms with van der Waals surface area (Å²) in [6, 6.07) is 11.0. The summed E-state index contributed by atoms with van der Waals surface area (Å²) in [6.45, 7) is 3.34. The first-order valence-corrected chi connectivity index (χ1v) is 9.55. The third-order valence-corrected chi connectivity index (χ3v) is 6.44. The van der Waals surface area contributed by atoms with Gasteiger partial charge >= 0.3 is 0 Å². The van der Waals surface area contributed by atoms with Gasteiger partial charge in [0.1, 0.15) is 0 Å². The van der Waals surface area contributed by atoms with E-state index in [1.54, 1.807) is 0 Å². The number of thioether (sulfide) groups is 1. The highest BCUT2D eigenvalue weighted by molar-refractivity contribution is 7.99. The van der Waals surface area contributed by atoms with Gasteiger partial charge in [-0.15, -0.1) is 0 Å². The highest BCUT2D eigenvalue weighted by Crippen LogP contribution is 2.35. The Labute approximate surface area is 133 Å². The quantitative estimate of drug-likeness (QED) is 0.926. The van der Waals surface area contributed by atoms with Gasteiger partial charge in [0.05, 0.1) is 0 Å².